The van der Waals surface area contributed by atoms with Crippen LogP contribution in [0.3, 0.4) is 0 Å². The first-order valence-electron chi connectivity index (χ1n) is 7.91. The molecule has 0 aliphatic carbocycles. The number of benzene rings is 2. The Morgan fingerprint density at radius 3 is 1.92 bits per heavy atom. The van der Waals surface area contributed by atoms with E-state index in [1.165, 1.54) is 7.11 Å². The molecule has 0 saturated carbocycles. The third-order valence-corrected chi connectivity index (χ3v) is 3.82. The van der Waals surface area contributed by atoms with Crippen molar-refractivity contribution in [3.63, 3.8) is 0 Å². The minimum absolute atomic E-state index is 0.254. The average Bonchev–Trinajstić information content (AvgIpc) is 2.61. The maximum Gasteiger partial charge on any atom is 0.315 e. The van der Waals surface area contributed by atoms with Gasteiger partial charge in [0.15, 0.2) is 0 Å². The van der Waals surface area contributed by atoms with Gasteiger partial charge in [-0.1, -0.05) is 24.0 Å². The summed E-state index contributed by atoms with van der Waals surface area (Å²) >= 11 is 0. The number of rotatable bonds is 4. The SMILES string of the molecule is CCOc1ccc(C#Cc2ccc(C(C)(C)C(=O)OC)cc2)cc1. The van der Waals surface area contributed by atoms with E-state index in [1.807, 2.05) is 69.3 Å². The molecule has 2 rings (SSSR count). The zero-order chi connectivity index (χ0) is 17.6. The first-order chi connectivity index (χ1) is 11.5. The van der Waals surface area contributed by atoms with Crippen LogP contribution in [0, 0.1) is 11.8 Å². The summed E-state index contributed by atoms with van der Waals surface area (Å²) in [5.74, 6) is 6.84. The second-order valence-corrected chi connectivity index (χ2v) is 5.90. The summed E-state index contributed by atoms with van der Waals surface area (Å²) in [4.78, 5) is 11.8. The van der Waals surface area contributed by atoms with Gasteiger partial charge in [-0.25, -0.2) is 0 Å². The molecule has 2 aromatic rings. The molecular formula is C21H22O3. The number of methoxy groups -OCH3 is 1. The van der Waals surface area contributed by atoms with Gasteiger partial charge in [-0.2, -0.15) is 0 Å². The topological polar surface area (TPSA) is 35.5 Å². The highest BCUT2D eigenvalue weighted by Crippen LogP contribution is 2.24. The molecule has 0 spiro atoms. The van der Waals surface area contributed by atoms with Crippen molar-refractivity contribution in [3.05, 3.63) is 65.2 Å². The van der Waals surface area contributed by atoms with Gasteiger partial charge in [-0.05, 0) is 62.7 Å². The van der Waals surface area contributed by atoms with Crippen molar-refractivity contribution in [1.29, 1.82) is 0 Å². The molecule has 0 heterocycles. The zero-order valence-electron chi connectivity index (χ0n) is 14.6. The van der Waals surface area contributed by atoms with Gasteiger partial charge < -0.3 is 9.47 Å². The molecule has 0 fully saturated rings. The third-order valence-electron chi connectivity index (χ3n) is 3.82. The van der Waals surface area contributed by atoms with Crippen LogP contribution in [0.2, 0.25) is 0 Å². The van der Waals surface area contributed by atoms with Gasteiger partial charge in [0.05, 0.1) is 19.1 Å². The normalized spacial score (nSPS) is 10.5. The summed E-state index contributed by atoms with van der Waals surface area (Å²) in [6.45, 7) is 6.30. The van der Waals surface area contributed by atoms with E-state index in [0.717, 1.165) is 22.4 Å². The van der Waals surface area contributed by atoms with Crippen LogP contribution in [0.25, 0.3) is 0 Å². The van der Waals surface area contributed by atoms with Crippen molar-refractivity contribution in [2.45, 2.75) is 26.2 Å². The maximum atomic E-state index is 11.8. The van der Waals surface area contributed by atoms with E-state index in [1.54, 1.807) is 0 Å². The predicted molar refractivity (Wildman–Crippen MR) is 95.1 cm³/mol. The lowest BCUT2D eigenvalue weighted by atomic mass is 9.84. The van der Waals surface area contributed by atoms with Crippen molar-refractivity contribution in [3.8, 4) is 17.6 Å². The number of esters is 1. The average molecular weight is 322 g/mol. The smallest absolute Gasteiger partial charge is 0.315 e. The van der Waals surface area contributed by atoms with Crippen LogP contribution < -0.4 is 4.74 Å². The zero-order valence-corrected chi connectivity index (χ0v) is 14.6. The van der Waals surface area contributed by atoms with Gasteiger partial charge in [0.25, 0.3) is 0 Å². The fourth-order valence-electron chi connectivity index (χ4n) is 2.29. The molecule has 0 saturated heterocycles. The Kier molecular flexibility index (Phi) is 5.65. The Hall–Kier alpha value is -2.73. The standard InChI is InChI=1S/C21H22O3/c1-5-24-19-14-10-17(11-15-19)7-6-16-8-12-18(13-9-16)21(2,3)20(22)23-4/h8-15H,5H2,1-4H3. The molecule has 0 unspecified atom stereocenters. The molecule has 0 radical (unpaired) electrons. The molecule has 3 heteroatoms. The van der Waals surface area contributed by atoms with Gasteiger partial charge in [0.2, 0.25) is 0 Å². The molecule has 0 bridgehead atoms. The molecular weight excluding hydrogens is 300 g/mol. The fraction of sp³-hybridized carbons (Fsp3) is 0.286. The van der Waals surface area contributed by atoms with Crippen LogP contribution in [-0.2, 0) is 14.9 Å². The molecule has 24 heavy (non-hydrogen) atoms. The minimum atomic E-state index is -0.671. The van der Waals surface area contributed by atoms with Gasteiger partial charge in [0.1, 0.15) is 5.75 Å². The van der Waals surface area contributed by atoms with Crippen LogP contribution in [0.5, 0.6) is 5.75 Å². The Morgan fingerprint density at radius 1 is 0.958 bits per heavy atom. The molecule has 0 amide bonds. The number of carbonyl (C=O) groups is 1. The van der Waals surface area contributed by atoms with E-state index >= 15 is 0 Å². The number of hydrogen-bond acceptors (Lipinski definition) is 3. The van der Waals surface area contributed by atoms with Crippen LogP contribution in [0.1, 0.15) is 37.5 Å². The largest absolute Gasteiger partial charge is 0.494 e. The molecule has 0 aliphatic heterocycles. The molecule has 0 aromatic heterocycles. The minimum Gasteiger partial charge on any atom is -0.494 e. The molecule has 3 nitrogen and oxygen atoms in total. The van der Waals surface area contributed by atoms with E-state index in [9.17, 15) is 4.79 Å². The highest BCUT2D eigenvalue weighted by Gasteiger charge is 2.30. The summed E-state index contributed by atoms with van der Waals surface area (Å²) in [6.07, 6.45) is 0. The summed E-state index contributed by atoms with van der Waals surface area (Å²) in [6, 6.07) is 15.4. The van der Waals surface area contributed by atoms with E-state index in [2.05, 4.69) is 11.8 Å². The van der Waals surface area contributed by atoms with Crippen molar-refractivity contribution < 1.29 is 14.3 Å². The second-order valence-electron chi connectivity index (χ2n) is 5.90. The third kappa shape index (κ3) is 4.17. The van der Waals surface area contributed by atoms with Crippen molar-refractivity contribution in [2.75, 3.05) is 13.7 Å². The van der Waals surface area contributed by atoms with Crippen LogP contribution in [0.4, 0.5) is 0 Å². The number of carbonyl (C=O) groups excluding carboxylic acids is 1. The first kappa shape index (κ1) is 17.6. The fourth-order valence-corrected chi connectivity index (χ4v) is 2.29. The van der Waals surface area contributed by atoms with Crippen LogP contribution >= 0.6 is 0 Å². The van der Waals surface area contributed by atoms with E-state index in [-0.39, 0.29) is 5.97 Å². The molecule has 0 aliphatic rings. The Labute approximate surface area is 143 Å². The Bertz CT molecular complexity index is 744. The summed E-state index contributed by atoms with van der Waals surface area (Å²) in [5.41, 5.74) is 2.06. The van der Waals surface area contributed by atoms with E-state index in [0.29, 0.717) is 6.61 Å². The summed E-state index contributed by atoms with van der Waals surface area (Å²) in [5, 5.41) is 0. The highest BCUT2D eigenvalue weighted by atomic mass is 16.5. The lowest BCUT2D eigenvalue weighted by molar-refractivity contribution is -0.146. The van der Waals surface area contributed by atoms with E-state index < -0.39 is 5.41 Å². The lowest BCUT2D eigenvalue weighted by Crippen LogP contribution is -2.30. The van der Waals surface area contributed by atoms with Crippen molar-refractivity contribution in [1.82, 2.24) is 0 Å². The number of hydrogen-bond donors (Lipinski definition) is 0. The van der Waals surface area contributed by atoms with Gasteiger partial charge in [0, 0.05) is 11.1 Å². The molecule has 2 aromatic carbocycles. The van der Waals surface area contributed by atoms with Gasteiger partial charge in [-0.3, -0.25) is 4.79 Å². The Balaban J connectivity index is 2.14. The number of ether oxygens (including phenoxy) is 2. The predicted octanol–water partition coefficient (Wildman–Crippen LogP) is 3.94. The second kappa shape index (κ2) is 7.70. The highest BCUT2D eigenvalue weighted by molar-refractivity contribution is 5.82. The molecule has 124 valence electrons. The Morgan fingerprint density at radius 2 is 1.46 bits per heavy atom. The summed E-state index contributed by atoms with van der Waals surface area (Å²) in [7, 11) is 1.40. The van der Waals surface area contributed by atoms with Crippen LogP contribution in [-0.4, -0.2) is 19.7 Å². The monoisotopic (exact) mass is 322 g/mol. The molecule has 0 N–H and O–H groups in total. The first-order valence-corrected chi connectivity index (χ1v) is 7.91. The van der Waals surface area contributed by atoms with Gasteiger partial charge >= 0.3 is 5.97 Å². The molecule has 0 atom stereocenters. The maximum absolute atomic E-state index is 11.8. The van der Waals surface area contributed by atoms with E-state index in [4.69, 9.17) is 9.47 Å². The van der Waals surface area contributed by atoms with Crippen LogP contribution in [0.15, 0.2) is 48.5 Å². The van der Waals surface area contributed by atoms with Crippen molar-refractivity contribution >= 4 is 5.97 Å². The summed E-state index contributed by atoms with van der Waals surface area (Å²) < 4.78 is 10.3. The van der Waals surface area contributed by atoms with Gasteiger partial charge in [-0.15, -0.1) is 0 Å². The lowest BCUT2D eigenvalue weighted by Gasteiger charge is -2.21. The van der Waals surface area contributed by atoms with Crippen molar-refractivity contribution in [2.24, 2.45) is 0 Å². The quantitative estimate of drug-likeness (QED) is 0.632.